The highest BCUT2D eigenvalue weighted by Crippen LogP contribution is 2.23. The summed E-state index contributed by atoms with van der Waals surface area (Å²) in [5.41, 5.74) is 1.90. The van der Waals surface area contributed by atoms with Gasteiger partial charge in [0.05, 0.1) is 12.5 Å². The van der Waals surface area contributed by atoms with Gasteiger partial charge in [-0.2, -0.15) is 5.26 Å². The van der Waals surface area contributed by atoms with E-state index in [1.165, 1.54) is 0 Å². The molecule has 0 bridgehead atoms. The fourth-order valence-corrected chi connectivity index (χ4v) is 1.79. The molecule has 0 radical (unpaired) electrons. The molecule has 0 aliphatic carbocycles. The van der Waals surface area contributed by atoms with E-state index in [0.29, 0.717) is 18.1 Å². The molecule has 0 aromatic heterocycles. The maximum atomic E-state index is 8.69. The first-order chi connectivity index (χ1) is 8.79. The highest BCUT2D eigenvalue weighted by atomic mass is 35.5. The first-order valence-electron chi connectivity index (χ1n) is 5.61. The van der Waals surface area contributed by atoms with Crippen LogP contribution >= 0.6 is 11.6 Å². The zero-order valence-electron chi connectivity index (χ0n) is 9.77. The van der Waals surface area contributed by atoms with Crippen molar-refractivity contribution in [3.8, 4) is 11.8 Å². The fourth-order valence-electron chi connectivity index (χ4n) is 1.60. The van der Waals surface area contributed by atoms with Crippen LogP contribution in [0.3, 0.4) is 0 Å². The number of halogens is 1. The van der Waals surface area contributed by atoms with Crippen LogP contribution in [0.4, 0.5) is 0 Å². The summed E-state index contributed by atoms with van der Waals surface area (Å²) >= 11 is 5.99. The minimum absolute atomic E-state index is 0.293. The maximum absolute atomic E-state index is 8.69. The van der Waals surface area contributed by atoms with Crippen LogP contribution in [0.25, 0.3) is 0 Å². The summed E-state index contributed by atoms with van der Waals surface area (Å²) in [5, 5.41) is 9.29. The van der Waals surface area contributed by atoms with Gasteiger partial charge in [-0.1, -0.05) is 41.9 Å². The number of nitriles is 1. The van der Waals surface area contributed by atoms with Crippen LogP contribution in [0.1, 0.15) is 11.1 Å². The molecule has 0 heterocycles. The fraction of sp³-hybridized carbons (Fsp3) is 0.133. The average Bonchev–Trinajstić information content (AvgIpc) is 2.41. The van der Waals surface area contributed by atoms with Gasteiger partial charge in [-0.05, 0) is 29.3 Å². The van der Waals surface area contributed by atoms with Gasteiger partial charge in [0.2, 0.25) is 0 Å². The van der Waals surface area contributed by atoms with E-state index in [9.17, 15) is 0 Å². The zero-order valence-corrected chi connectivity index (χ0v) is 10.5. The van der Waals surface area contributed by atoms with Crippen molar-refractivity contribution in [2.45, 2.75) is 13.0 Å². The van der Waals surface area contributed by atoms with Crippen molar-refractivity contribution in [2.24, 2.45) is 0 Å². The Morgan fingerprint density at radius 1 is 1.11 bits per heavy atom. The van der Waals surface area contributed by atoms with Gasteiger partial charge in [0.15, 0.2) is 0 Å². The van der Waals surface area contributed by atoms with Crippen molar-refractivity contribution < 1.29 is 4.74 Å². The van der Waals surface area contributed by atoms with Crippen LogP contribution < -0.4 is 4.74 Å². The van der Waals surface area contributed by atoms with E-state index < -0.39 is 0 Å². The van der Waals surface area contributed by atoms with Crippen LogP contribution in [0, 0.1) is 11.3 Å². The van der Waals surface area contributed by atoms with Gasteiger partial charge in [-0.15, -0.1) is 0 Å². The number of benzene rings is 2. The van der Waals surface area contributed by atoms with Crippen molar-refractivity contribution >= 4 is 11.6 Å². The highest BCUT2D eigenvalue weighted by Gasteiger charge is 2.03. The lowest BCUT2D eigenvalue weighted by Crippen LogP contribution is -1.96. The van der Waals surface area contributed by atoms with E-state index >= 15 is 0 Å². The van der Waals surface area contributed by atoms with Crippen LogP contribution in [-0.4, -0.2) is 0 Å². The lowest BCUT2D eigenvalue weighted by molar-refractivity contribution is 0.306. The highest BCUT2D eigenvalue weighted by molar-refractivity contribution is 6.31. The minimum atomic E-state index is 0.293. The lowest BCUT2D eigenvalue weighted by Gasteiger charge is -2.08. The maximum Gasteiger partial charge on any atom is 0.120 e. The molecule has 3 heteroatoms. The lowest BCUT2D eigenvalue weighted by atomic mass is 10.1. The Labute approximate surface area is 111 Å². The van der Waals surface area contributed by atoms with E-state index in [1.807, 2.05) is 42.5 Å². The molecule has 0 unspecified atom stereocenters. The summed E-state index contributed by atoms with van der Waals surface area (Å²) in [6.07, 6.45) is 0.293. The van der Waals surface area contributed by atoms with Crippen molar-refractivity contribution in [1.82, 2.24) is 0 Å². The minimum Gasteiger partial charge on any atom is -0.489 e. The first kappa shape index (κ1) is 12.5. The van der Waals surface area contributed by atoms with E-state index in [1.54, 1.807) is 6.07 Å². The summed E-state index contributed by atoms with van der Waals surface area (Å²) < 4.78 is 5.67. The number of hydrogen-bond donors (Lipinski definition) is 0. The molecular formula is C15H12ClNO. The Morgan fingerprint density at radius 2 is 1.89 bits per heavy atom. The number of nitrogens with zero attached hydrogens (tertiary/aromatic N) is 1. The monoisotopic (exact) mass is 257 g/mol. The summed E-state index contributed by atoms with van der Waals surface area (Å²) in [5.74, 6) is 0.730. The molecule has 0 saturated carbocycles. The van der Waals surface area contributed by atoms with Gasteiger partial charge in [0.1, 0.15) is 12.4 Å². The Bertz CT molecular complexity index is 560. The van der Waals surface area contributed by atoms with Crippen molar-refractivity contribution in [3.63, 3.8) is 0 Å². The third-order valence-corrected chi connectivity index (χ3v) is 2.90. The predicted molar refractivity (Wildman–Crippen MR) is 71.5 cm³/mol. The van der Waals surface area contributed by atoms with Crippen molar-refractivity contribution in [1.29, 1.82) is 5.26 Å². The van der Waals surface area contributed by atoms with Gasteiger partial charge in [0.25, 0.3) is 0 Å². The number of ether oxygens (including phenoxy) is 1. The molecule has 2 aromatic rings. The quantitative estimate of drug-likeness (QED) is 0.830. The topological polar surface area (TPSA) is 33.0 Å². The molecule has 2 aromatic carbocycles. The smallest absolute Gasteiger partial charge is 0.120 e. The second-order valence-corrected chi connectivity index (χ2v) is 4.27. The Hall–Kier alpha value is -1.98. The summed E-state index contributed by atoms with van der Waals surface area (Å²) in [6, 6.07) is 17.4. The number of rotatable bonds is 4. The van der Waals surface area contributed by atoms with Gasteiger partial charge in [-0.3, -0.25) is 0 Å². The Balaban J connectivity index is 2.06. The van der Waals surface area contributed by atoms with E-state index in [4.69, 9.17) is 21.6 Å². The summed E-state index contributed by atoms with van der Waals surface area (Å²) in [7, 11) is 0. The second-order valence-electron chi connectivity index (χ2n) is 3.86. The molecule has 0 aliphatic rings. The molecule has 0 amide bonds. The molecule has 2 nitrogen and oxygen atoms in total. The standard InChI is InChI=1S/C15H12ClNO/c16-15-7-6-14(10-13(15)8-9-17)18-11-12-4-2-1-3-5-12/h1-7,10H,8,11H2. The van der Waals surface area contributed by atoms with E-state index in [-0.39, 0.29) is 0 Å². The van der Waals surface area contributed by atoms with Gasteiger partial charge in [0, 0.05) is 5.02 Å². The molecule has 90 valence electrons. The summed E-state index contributed by atoms with van der Waals surface area (Å²) in [6.45, 7) is 0.508. The molecule has 0 atom stereocenters. The van der Waals surface area contributed by atoms with Gasteiger partial charge >= 0.3 is 0 Å². The van der Waals surface area contributed by atoms with Gasteiger partial charge in [-0.25, -0.2) is 0 Å². The van der Waals surface area contributed by atoms with Crippen LogP contribution in [-0.2, 0) is 13.0 Å². The molecule has 0 fully saturated rings. The third-order valence-electron chi connectivity index (χ3n) is 2.54. The largest absolute Gasteiger partial charge is 0.489 e. The molecule has 0 saturated heterocycles. The SMILES string of the molecule is N#CCc1cc(OCc2ccccc2)ccc1Cl. The molecular weight excluding hydrogens is 246 g/mol. The van der Waals surface area contributed by atoms with Crippen molar-refractivity contribution in [3.05, 3.63) is 64.7 Å². The average molecular weight is 258 g/mol. The molecule has 2 rings (SSSR count). The van der Waals surface area contributed by atoms with Crippen LogP contribution in [0.15, 0.2) is 48.5 Å². The Morgan fingerprint density at radius 3 is 2.61 bits per heavy atom. The van der Waals surface area contributed by atoms with Crippen molar-refractivity contribution in [2.75, 3.05) is 0 Å². The molecule has 18 heavy (non-hydrogen) atoms. The summed E-state index contributed by atoms with van der Waals surface area (Å²) in [4.78, 5) is 0. The number of hydrogen-bond acceptors (Lipinski definition) is 2. The molecule has 0 N–H and O–H groups in total. The second kappa shape index (κ2) is 6.09. The normalized spacial score (nSPS) is 9.78. The van der Waals surface area contributed by atoms with E-state index in [0.717, 1.165) is 16.9 Å². The third kappa shape index (κ3) is 3.26. The van der Waals surface area contributed by atoms with Crippen LogP contribution in [0.5, 0.6) is 5.75 Å². The molecule has 0 spiro atoms. The Kier molecular flexibility index (Phi) is 4.22. The van der Waals surface area contributed by atoms with E-state index in [2.05, 4.69) is 6.07 Å². The first-order valence-corrected chi connectivity index (χ1v) is 5.99. The zero-order chi connectivity index (χ0) is 12.8. The van der Waals surface area contributed by atoms with Gasteiger partial charge < -0.3 is 4.74 Å². The molecule has 0 aliphatic heterocycles. The van der Waals surface area contributed by atoms with Crippen LogP contribution in [0.2, 0.25) is 5.02 Å². The predicted octanol–water partition coefficient (Wildman–Crippen LogP) is 3.99.